The Morgan fingerprint density at radius 3 is 2.86 bits per heavy atom. The molecule has 8 heteroatoms. The summed E-state index contributed by atoms with van der Waals surface area (Å²) in [6, 6.07) is 11.7. The highest BCUT2D eigenvalue weighted by Gasteiger charge is 2.34. The summed E-state index contributed by atoms with van der Waals surface area (Å²) in [4.78, 5) is 17.4. The molecule has 150 valence electrons. The number of aryl methyl sites for hydroxylation is 2. The summed E-state index contributed by atoms with van der Waals surface area (Å²) in [5.74, 6) is 1.69. The van der Waals surface area contributed by atoms with Gasteiger partial charge >= 0.3 is 0 Å². The fraction of sp³-hybridized carbons (Fsp3) is 0.333. The molecule has 0 radical (unpaired) electrons. The monoisotopic (exact) mass is 409 g/mol. The van der Waals surface area contributed by atoms with Crippen LogP contribution < -0.4 is 0 Å². The number of aromatic amines is 1. The third-order valence-corrected chi connectivity index (χ3v) is 5.58. The number of H-pyrrole nitrogens is 1. The van der Waals surface area contributed by atoms with Crippen molar-refractivity contribution in [3.63, 3.8) is 0 Å². The van der Waals surface area contributed by atoms with E-state index < -0.39 is 0 Å². The Morgan fingerprint density at radius 1 is 1.31 bits per heavy atom. The highest BCUT2D eigenvalue weighted by molar-refractivity contribution is 7.99. The molecule has 0 aliphatic carbocycles. The van der Waals surface area contributed by atoms with Gasteiger partial charge in [0.2, 0.25) is 5.16 Å². The predicted octanol–water partition coefficient (Wildman–Crippen LogP) is 4.13. The fourth-order valence-corrected chi connectivity index (χ4v) is 3.92. The lowest BCUT2D eigenvalue weighted by molar-refractivity contribution is -0.130. The lowest BCUT2D eigenvalue weighted by Gasteiger charge is -2.19. The zero-order valence-corrected chi connectivity index (χ0v) is 17.3. The van der Waals surface area contributed by atoms with Gasteiger partial charge in [-0.1, -0.05) is 48.5 Å². The van der Waals surface area contributed by atoms with E-state index >= 15 is 0 Å². The van der Waals surface area contributed by atoms with Crippen LogP contribution in [0.1, 0.15) is 48.5 Å². The van der Waals surface area contributed by atoms with Crippen LogP contribution in [0.25, 0.3) is 0 Å². The Bertz CT molecular complexity index is 995. The number of rotatable bonds is 7. The topological polar surface area (TPSA) is 87.4 Å². The molecule has 1 aliphatic rings. The second-order valence-electron chi connectivity index (χ2n) is 6.99. The van der Waals surface area contributed by atoms with Gasteiger partial charge in [0.25, 0.3) is 5.91 Å². The van der Waals surface area contributed by atoms with E-state index in [9.17, 15) is 4.79 Å². The fourth-order valence-electron chi connectivity index (χ4n) is 3.25. The zero-order chi connectivity index (χ0) is 20.2. The minimum atomic E-state index is -0.239. The second kappa shape index (κ2) is 8.65. The molecule has 0 spiro atoms. The van der Waals surface area contributed by atoms with E-state index in [4.69, 9.17) is 4.42 Å². The molecule has 1 N–H and O–H groups in total. The molecule has 7 nitrogen and oxygen atoms in total. The SMILES string of the molecule is CCCc1nc(SCC(=O)N2N=C(c3ccc(C)cc3)CC2c2ccco2)n[nH]1. The quantitative estimate of drug-likeness (QED) is 0.593. The summed E-state index contributed by atoms with van der Waals surface area (Å²) in [5, 5.41) is 13.9. The summed E-state index contributed by atoms with van der Waals surface area (Å²) in [5.41, 5.74) is 3.09. The standard InChI is InChI=1S/C21H23N5O2S/c1-3-5-19-22-21(24-23-19)29-13-20(27)26-17(18-6-4-11-28-18)12-16(25-26)15-9-7-14(2)8-10-15/h4,6-11,17H,3,5,12-13H2,1-2H3,(H,22,23,24). The van der Waals surface area contributed by atoms with Gasteiger partial charge in [0, 0.05) is 12.8 Å². The van der Waals surface area contributed by atoms with Gasteiger partial charge in [0.15, 0.2) is 0 Å². The number of amides is 1. The number of nitrogens with one attached hydrogen (secondary N) is 1. The number of carbonyl (C=O) groups is 1. The Hall–Kier alpha value is -2.87. The van der Waals surface area contributed by atoms with Crippen LogP contribution >= 0.6 is 11.8 Å². The summed E-state index contributed by atoms with van der Waals surface area (Å²) < 4.78 is 5.59. The van der Waals surface area contributed by atoms with Gasteiger partial charge in [-0.2, -0.15) is 5.10 Å². The maximum Gasteiger partial charge on any atom is 0.253 e. The highest BCUT2D eigenvalue weighted by atomic mass is 32.2. The average molecular weight is 410 g/mol. The van der Waals surface area contributed by atoms with Gasteiger partial charge < -0.3 is 4.42 Å². The molecule has 4 rings (SSSR count). The molecule has 3 aromatic rings. The minimum Gasteiger partial charge on any atom is -0.467 e. The van der Waals surface area contributed by atoms with E-state index in [-0.39, 0.29) is 17.7 Å². The van der Waals surface area contributed by atoms with E-state index in [1.54, 1.807) is 11.3 Å². The van der Waals surface area contributed by atoms with E-state index in [0.29, 0.717) is 11.6 Å². The van der Waals surface area contributed by atoms with Crippen LogP contribution in [-0.4, -0.2) is 37.6 Å². The summed E-state index contributed by atoms with van der Waals surface area (Å²) in [6.45, 7) is 4.14. The van der Waals surface area contributed by atoms with Gasteiger partial charge in [-0.25, -0.2) is 9.99 Å². The number of hydrazone groups is 1. The van der Waals surface area contributed by atoms with Crippen LogP contribution in [0.2, 0.25) is 0 Å². The largest absolute Gasteiger partial charge is 0.467 e. The number of benzene rings is 1. The number of thioether (sulfide) groups is 1. The number of hydrogen-bond donors (Lipinski definition) is 1. The molecular weight excluding hydrogens is 386 g/mol. The lowest BCUT2D eigenvalue weighted by atomic mass is 10.0. The van der Waals surface area contributed by atoms with Crippen LogP contribution in [-0.2, 0) is 11.2 Å². The molecule has 1 amide bonds. The van der Waals surface area contributed by atoms with Crippen molar-refractivity contribution in [2.45, 2.75) is 44.3 Å². The Balaban J connectivity index is 1.50. The Kier molecular flexibility index (Phi) is 5.80. The predicted molar refractivity (Wildman–Crippen MR) is 112 cm³/mol. The molecule has 1 atom stereocenters. The molecule has 0 saturated carbocycles. The zero-order valence-electron chi connectivity index (χ0n) is 16.5. The first kappa shape index (κ1) is 19.4. The van der Waals surface area contributed by atoms with Crippen molar-refractivity contribution >= 4 is 23.4 Å². The van der Waals surface area contributed by atoms with E-state index in [2.05, 4.69) is 39.3 Å². The maximum atomic E-state index is 13.0. The van der Waals surface area contributed by atoms with Crippen molar-refractivity contribution in [2.24, 2.45) is 5.10 Å². The molecule has 3 heterocycles. The normalized spacial score (nSPS) is 16.3. The number of nitrogens with zero attached hydrogens (tertiary/aromatic N) is 4. The smallest absolute Gasteiger partial charge is 0.253 e. The maximum absolute atomic E-state index is 13.0. The van der Waals surface area contributed by atoms with Crippen molar-refractivity contribution in [2.75, 3.05) is 5.75 Å². The van der Waals surface area contributed by atoms with Crippen LogP contribution in [0, 0.1) is 6.92 Å². The molecule has 1 aliphatic heterocycles. The number of carbonyl (C=O) groups excluding carboxylic acids is 1. The van der Waals surface area contributed by atoms with Crippen LogP contribution in [0.5, 0.6) is 0 Å². The third-order valence-electron chi connectivity index (χ3n) is 4.75. The van der Waals surface area contributed by atoms with Crippen LogP contribution in [0.15, 0.2) is 57.3 Å². The van der Waals surface area contributed by atoms with E-state index in [0.717, 1.165) is 35.7 Å². The Morgan fingerprint density at radius 2 is 2.14 bits per heavy atom. The van der Waals surface area contributed by atoms with Crippen molar-refractivity contribution in [3.05, 3.63) is 65.4 Å². The molecule has 29 heavy (non-hydrogen) atoms. The van der Waals surface area contributed by atoms with E-state index in [1.807, 2.05) is 31.2 Å². The first-order valence-corrected chi connectivity index (χ1v) is 10.7. The molecule has 1 aromatic carbocycles. The van der Waals surface area contributed by atoms with Crippen molar-refractivity contribution in [1.29, 1.82) is 0 Å². The first-order valence-electron chi connectivity index (χ1n) is 9.68. The number of hydrogen-bond acceptors (Lipinski definition) is 6. The highest BCUT2D eigenvalue weighted by Crippen LogP contribution is 2.33. The molecule has 0 saturated heterocycles. The van der Waals surface area contributed by atoms with Crippen molar-refractivity contribution in [3.8, 4) is 0 Å². The number of aromatic nitrogens is 3. The van der Waals surface area contributed by atoms with Gasteiger partial charge in [0.05, 0.1) is 17.7 Å². The Labute approximate surface area is 173 Å². The third kappa shape index (κ3) is 4.42. The average Bonchev–Trinajstić information content (AvgIpc) is 3.47. The van der Waals surface area contributed by atoms with Gasteiger partial charge in [-0.05, 0) is 31.0 Å². The summed E-state index contributed by atoms with van der Waals surface area (Å²) in [6.07, 6.45) is 4.08. The molecule has 0 fully saturated rings. The molecule has 1 unspecified atom stereocenters. The van der Waals surface area contributed by atoms with Crippen LogP contribution in [0.4, 0.5) is 0 Å². The first-order chi connectivity index (χ1) is 14.1. The summed E-state index contributed by atoms with van der Waals surface area (Å²) >= 11 is 1.32. The van der Waals surface area contributed by atoms with Gasteiger partial charge in [-0.15, -0.1) is 5.10 Å². The van der Waals surface area contributed by atoms with E-state index in [1.165, 1.54) is 17.3 Å². The second-order valence-corrected chi connectivity index (χ2v) is 7.93. The molecule has 0 bridgehead atoms. The van der Waals surface area contributed by atoms with Gasteiger partial charge in [-0.3, -0.25) is 9.89 Å². The lowest BCUT2D eigenvalue weighted by Crippen LogP contribution is -2.28. The minimum absolute atomic E-state index is 0.0969. The van der Waals surface area contributed by atoms with Crippen molar-refractivity contribution in [1.82, 2.24) is 20.2 Å². The molecule has 2 aromatic heterocycles. The molecular formula is C21H23N5O2S. The van der Waals surface area contributed by atoms with Crippen LogP contribution in [0.3, 0.4) is 0 Å². The van der Waals surface area contributed by atoms with Gasteiger partial charge in [0.1, 0.15) is 17.6 Å². The summed E-state index contributed by atoms with van der Waals surface area (Å²) in [7, 11) is 0. The number of furan rings is 1. The van der Waals surface area contributed by atoms with Crippen molar-refractivity contribution < 1.29 is 9.21 Å².